The minimum atomic E-state index is -1.90. The third kappa shape index (κ3) is 14.3. The van der Waals surface area contributed by atoms with Gasteiger partial charge in [0, 0.05) is 55.9 Å². The number of likely N-dealkylation sites (tertiary alicyclic amines) is 1. The highest BCUT2D eigenvalue weighted by atomic mass is 32.1. The van der Waals surface area contributed by atoms with Gasteiger partial charge in [-0.1, -0.05) is 12.1 Å². The number of aromatic nitrogens is 7. The fourth-order valence-corrected chi connectivity index (χ4v) is 17.0. The Hall–Kier alpha value is -8.83. The zero-order valence-corrected chi connectivity index (χ0v) is 59.4. The molecule has 8 aromatic rings. The zero-order valence-electron chi connectivity index (χ0n) is 55.3. The number of hydrogen-bond donors (Lipinski definition) is 10. The van der Waals surface area contributed by atoms with Crippen molar-refractivity contribution in [3.8, 4) is 38.4 Å². The molecule has 101 heavy (non-hydrogen) atoms. The molecule has 13 rings (SSSR count). The minimum absolute atomic E-state index is 0.00194. The SMILES string of the molecule is CO/C(C)=C1/NC(=O)[C@H]([C@@H](C)O)NC(=O)c2csc(n2)-c2cc(O)c(-c3nc(C(=O)NNC4CCN(C)CC4)cs3)nc2-c2csc(n2)[C@@H]2COC(=O)c3c4c5c(cccc5n3O)COC(=O)[C@@H](O[C@H]3C[C@](C)(O)[C@H](N(C)C)[C@H](C)O3)[C@@H](OC4)[C@H](NC(=O)c3csc1n3)c1nc(cs1)C(=O)N2. The Morgan fingerprint density at radius 1 is 0.832 bits per heavy atom. The van der Waals surface area contributed by atoms with Crippen molar-refractivity contribution in [1.29, 1.82) is 0 Å². The number of thiazole rings is 5. The number of carbonyl (C=O) groups excluding carboxylic acids is 7. The van der Waals surface area contributed by atoms with E-state index in [9.17, 15) is 34.9 Å². The van der Waals surface area contributed by atoms with Crippen LogP contribution in [0.15, 0.2) is 56.9 Å². The second-order valence-electron chi connectivity index (χ2n) is 25.2. The summed E-state index contributed by atoms with van der Waals surface area (Å²) in [6.45, 7) is 6.05. The van der Waals surface area contributed by atoms with E-state index in [0.29, 0.717) is 10.3 Å². The molecule has 0 unspecified atom stereocenters. The number of pyridine rings is 1. The first-order chi connectivity index (χ1) is 48.3. The van der Waals surface area contributed by atoms with Crippen molar-refractivity contribution >= 4 is 115 Å². The molecular formula is C64H69N15O17S5. The van der Waals surface area contributed by atoms with Crippen LogP contribution < -0.4 is 32.1 Å². The number of rotatable bonds is 9. The number of ether oxygens (including phenoxy) is 6. The molecule has 10 atom stereocenters. The van der Waals surface area contributed by atoms with Crippen molar-refractivity contribution in [3.05, 3.63) is 112 Å². The number of hydrazine groups is 1. The number of cyclic esters (lactones) is 2. The zero-order chi connectivity index (χ0) is 71.5. The van der Waals surface area contributed by atoms with Crippen LogP contribution in [0.2, 0.25) is 0 Å². The first-order valence-corrected chi connectivity index (χ1v) is 36.2. The fraction of sp³-hybridized carbons (Fsp3) is 0.422. The first-order valence-electron chi connectivity index (χ1n) is 31.8. The van der Waals surface area contributed by atoms with Crippen molar-refractivity contribution in [3.63, 3.8) is 0 Å². The Morgan fingerprint density at radius 2 is 1.50 bits per heavy atom. The van der Waals surface area contributed by atoms with Crippen LogP contribution in [0.1, 0.15) is 138 Å². The van der Waals surface area contributed by atoms with Crippen LogP contribution in [0.4, 0.5) is 0 Å². The molecule has 12 heterocycles. The van der Waals surface area contributed by atoms with Crippen LogP contribution in [0.25, 0.3) is 49.3 Å². The molecule has 532 valence electrons. The maximum Gasteiger partial charge on any atom is 0.358 e. The molecule has 5 aliphatic heterocycles. The van der Waals surface area contributed by atoms with E-state index in [0.717, 1.165) is 82.6 Å². The average molecular weight is 1480 g/mol. The highest BCUT2D eigenvalue weighted by Crippen LogP contribution is 2.43. The van der Waals surface area contributed by atoms with E-state index in [-0.39, 0.29) is 111 Å². The van der Waals surface area contributed by atoms with Gasteiger partial charge < -0.3 is 80.0 Å². The second-order valence-corrected chi connectivity index (χ2v) is 29.6. The molecule has 0 radical (unpaired) electrons. The number of esters is 2. The van der Waals surface area contributed by atoms with Crippen LogP contribution >= 0.6 is 56.7 Å². The van der Waals surface area contributed by atoms with Crippen molar-refractivity contribution in [2.45, 2.75) is 127 Å². The number of nitrogens with one attached hydrogen (secondary N) is 6. The van der Waals surface area contributed by atoms with Crippen LogP contribution in [-0.4, -0.2) is 209 Å². The van der Waals surface area contributed by atoms with Crippen LogP contribution in [-0.2, 0) is 51.2 Å². The van der Waals surface area contributed by atoms with Gasteiger partial charge in [0.05, 0.1) is 43.1 Å². The fourth-order valence-electron chi connectivity index (χ4n) is 12.9. The maximum absolute atomic E-state index is 15.2. The number of methoxy groups -OCH3 is 1. The molecule has 12 bridgehead atoms. The van der Waals surface area contributed by atoms with Crippen molar-refractivity contribution < 1.29 is 82.5 Å². The van der Waals surface area contributed by atoms with Gasteiger partial charge in [-0.3, -0.25) is 29.4 Å². The van der Waals surface area contributed by atoms with Crippen molar-refractivity contribution in [2.24, 2.45) is 0 Å². The summed E-state index contributed by atoms with van der Waals surface area (Å²) in [6.07, 6.45) is -5.86. The smallest absolute Gasteiger partial charge is 0.358 e. The van der Waals surface area contributed by atoms with Crippen molar-refractivity contribution in [2.75, 3.05) is 47.9 Å². The largest absolute Gasteiger partial charge is 0.506 e. The number of benzene rings is 1. The number of fused-ring (bicyclic) bond motifs is 15. The van der Waals surface area contributed by atoms with Gasteiger partial charge in [-0.2, -0.15) is 4.73 Å². The van der Waals surface area contributed by atoms with Crippen LogP contribution in [0.3, 0.4) is 0 Å². The molecule has 32 nitrogen and oxygen atoms in total. The van der Waals surface area contributed by atoms with Gasteiger partial charge in [0.2, 0.25) is 5.91 Å². The van der Waals surface area contributed by atoms with E-state index in [4.69, 9.17) is 43.4 Å². The molecule has 0 spiro atoms. The number of piperidine rings is 1. The summed E-state index contributed by atoms with van der Waals surface area (Å²) < 4.78 is 38.4. The lowest BCUT2D eigenvalue weighted by molar-refractivity contribution is -0.280. The van der Waals surface area contributed by atoms with Gasteiger partial charge >= 0.3 is 11.9 Å². The predicted octanol–water partition coefficient (Wildman–Crippen LogP) is 4.49. The molecule has 0 saturated carbocycles. The van der Waals surface area contributed by atoms with E-state index in [1.54, 1.807) is 50.4 Å². The monoisotopic (exact) mass is 1480 g/mol. The molecular weight excluding hydrogens is 1410 g/mol. The summed E-state index contributed by atoms with van der Waals surface area (Å²) in [5.41, 5.74) is 3.69. The van der Waals surface area contributed by atoms with E-state index in [2.05, 4.69) is 52.0 Å². The normalized spacial score (nSPS) is 25.1. The number of nitrogens with zero attached hydrogens (tertiary/aromatic N) is 9. The molecule has 2 fully saturated rings. The lowest BCUT2D eigenvalue weighted by Gasteiger charge is -2.48. The number of hydrogen-bond acceptors (Lipinski definition) is 31. The lowest BCUT2D eigenvalue weighted by atomic mass is 9.85. The number of aromatic hydroxyl groups is 1. The second kappa shape index (κ2) is 28.9. The standard InChI is InChI=1S/C64H69N15O17S5/c1-26(80)43-56(86)73-44(27(2)91-8)59-68-37(24-99-59)54(84)74-47-49-50(96-41-17-64(4,89)51(77(5)6)28(3)95-41)63(88)93-18-29-10-9-11-39-42(29)32(19-92-49)48(79(39)90)62(87)94-20-33(65-52(82)35-23-101-61(47)69-35)58-66-34(21-98-58)45-31(57-67-36(22-97-57)53(83)72-43)16-40(81)46(71-45)60-70-38(25-100-60)55(85)76-75-30-12-14-78(7)15-13-30/h9-11,16,21-26,28,30,33,41,43,47,49-51,75,80-81,89-90H,12-15,17-20H2,1-8H3,(H,65,82)(H,72,83)(H,73,86)(H,74,84)(H,76,85)/b44-27+/t26-,28+,33+,41+,43+,47+,49+,50+,51-,64+/m1/s1. The number of aliphatic hydroxyl groups excluding tert-OH is 1. The summed E-state index contributed by atoms with van der Waals surface area (Å²) in [7, 11) is 6.90. The number of likely N-dealkylation sites (N-methyl/N-ethyl adjacent to an activating group) is 1. The highest BCUT2D eigenvalue weighted by Gasteiger charge is 2.50. The number of aliphatic hydroxyl groups is 2. The molecule has 7 aromatic heterocycles. The molecule has 1 aromatic carbocycles. The minimum Gasteiger partial charge on any atom is -0.506 e. The van der Waals surface area contributed by atoms with Gasteiger partial charge in [-0.15, -0.1) is 56.7 Å². The highest BCUT2D eigenvalue weighted by molar-refractivity contribution is 7.14. The maximum atomic E-state index is 15.2. The first kappa shape index (κ1) is 70.6. The van der Waals surface area contributed by atoms with E-state index in [1.807, 2.05) is 7.05 Å². The summed E-state index contributed by atoms with van der Waals surface area (Å²) in [5.74, 6) is -6.70. The van der Waals surface area contributed by atoms with E-state index < -0.39 is 133 Å². The Bertz CT molecular complexity index is 4590. The quantitative estimate of drug-likeness (QED) is 0.0412. The number of carbonyl (C=O) groups is 7. The Balaban J connectivity index is 0.963. The van der Waals surface area contributed by atoms with Crippen LogP contribution in [0.5, 0.6) is 5.75 Å². The molecule has 10 N–H and O–H groups in total. The van der Waals surface area contributed by atoms with Gasteiger partial charge in [-0.25, -0.2) is 44.9 Å². The third-order valence-electron chi connectivity index (χ3n) is 17.9. The van der Waals surface area contributed by atoms with E-state index in [1.165, 1.54) is 54.6 Å². The van der Waals surface area contributed by atoms with Gasteiger partial charge in [0.15, 0.2) is 18.1 Å². The van der Waals surface area contributed by atoms with Gasteiger partial charge in [0.1, 0.15) is 120 Å². The number of allylic oxidation sites excluding steroid dienone is 1. The molecule has 5 aliphatic rings. The Kier molecular flexibility index (Phi) is 20.2. The Morgan fingerprint density at radius 3 is 2.24 bits per heavy atom. The average Bonchev–Trinajstić information content (AvgIpc) is 1.67. The summed E-state index contributed by atoms with van der Waals surface area (Å²) in [6, 6.07) is 0.875. The van der Waals surface area contributed by atoms with Crippen LogP contribution in [0, 0.1) is 0 Å². The third-order valence-corrected chi connectivity index (χ3v) is 22.3. The lowest BCUT2D eigenvalue weighted by Crippen LogP contribution is -2.62. The van der Waals surface area contributed by atoms with Gasteiger partial charge in [0.25, 0.3) is 23.6 Å². The summed E-state index contributed by atoms with van der Waals surface area (Å²) in [5, 5.41) is 66.1. The summed E-state index contributed by atoms with van der Waals surface area (Å²) >= 11 is 4.73. The topological polar surface area (TPSA) is 417 Å². The van der Waals surface area contributed by atoms with Gasteiger partial charge in [-0.05, 0) is 92.5 Å². The van der Waals surface area contributed by atoms with Crippen molar-refractivity contribution in [1.82, 2.24) is 76.6 Å². The van der Waals surface area contributed by atoms with E-state index >= 15 is 19.2 Å². The molecule has 5 amide bonds. The predicted molar refractivity (Wildman–Crippen MR) is 365 cm³/mol. The molecule has 0 aliphatic carbocycles. The number of amides is 5. The molecule has 2 saturated heterocycles. The molecule has 37 heteroatoms. The summed E-state index contributed by atoms with van der Waals surface area (Å²) in [4.78, 5) is 135. The Labute approximate surface area is 595 Å².